The molecular weight excluding hydrogens is 454 g/mol. The van der Waals surface area contributed by atoms with Crippen molar-refractivity contribution in [2.75, 3.05) is 26.7 Å². The highest BCUT2D eigenvalue weighted by Gasteiger charge is 2.38. The van der Waals surface area contributed by atoms with Crippen LogP contribution in [-0.2, 0) is 10.0 Å². The van der Waals surface area contributed by atoms with Crippen molar-refractivity contribution in [2.24, 2.45) is 5.92 Å². The summed E-state index contributed by atoms with van der Waals surface area (Å²) >= 11 is 0. The number of sulfonamides is 1. The van der Waals surface area contributed by atoms with Gasteiger partial charge in [0.15, 0.2) is 0 Å². The number of amides is 2. The van der Waals surface area contributed by atoms with E-state index < -0.39 is 22.2 Å². The number of aliphatic hydroxyl groups excluding tert-OH is 1. The molecule has 0 saturated carbocycles. The van der Waals surface area contributed by atoms with E-state index in [2.05, 4.69) is 11.4 Å². The number of aliphatic hydroxyl groups is 1. The van der Waals surface area contributed by atoms with Crippen molar-refractivity contribution in [1.29, 1.82) is 0 Å². The van der Waals surface area contributed by atoms with Gasteiger partial charge in [-0.15, -0.1) is 0 Å². The topological polar surface area (TPSA) is 99.2 Å². The first kappa shape index (κ1) is 26.5. The summed E-state index contributed by atoms with van der Waals surface area (Å²) in [6.07, 6.45) is 6.03. The summed E-state index contributed by atoms with van der Waals surface area (Å²) in [4.78, 5) is 14.2. The number of carbonyl (C=O) groups is 1. The Bertz CT molecular complexity index is 1010. The number of urea groups is 1. The quantitative estimate of drug-likeness (QED) is 0.632. The molecule has 0 aromatic heterocycles. The van der Waals surface area contributed by atoms with E-state index in [0.717, 1.165) is 31.2 Å². The Labute approximate surface area is 204 Å². The lowest BCUT2D eigenvalue weighted by Crippen LogP contribution is -2.51. The second kappa shape index (κ2) is 11.1. The van der Waals surface area contributed by atoms with Crippen LogP contribution < -0.4 is 10.1 Å². The van der Waals surface area contributed by atoms with Crippen LogP contribution in [-0.4, -0.2) is 73.7 Å². The van der Waals surface area contributed by atoms with Crippen molar-refractivity contribution >= 4 is 21.6 Å². The molecule has 1 aliphatic heterocycles. The summed E-state index contributed by atoms with van der Waals surface area (Å²) in [5.74, 6) is 0.0807. The Hall–Kier alpha value is -2.10. The third-order valence-corrected chi connectivity index (χ3v) is 8.56. The van der Waals surface area contributed by atoms with Gasteiger partial charge in [0.25, 0.3) is 0 Å². The predicted octanol–water partition coefficient (Wildman–Crippen LogP) is 3.46. The van der Waals surface area contributed by atoms with E-state index in [0.29, 0.717) is 12.3 Å². The third kappa shape index (κ3) is 5.93. The molecule has 0 radical (unpaired) electrons. The molecule has 0 unspecified atom stereocenters. The summed E-state index contributed by atoms with van der Waals surface area (Å²) in [5, 5.41) is 12.7. The van der Waals surface area contributed by atoms with Gasteiger partial charge in [-0.3, -0.25) is 0 Å². The minimum atomic E-state index is -3.88. The molecule has 1 aromatic carbocycles. The summed E-state index contributed by atoms with van der Waals surface area (Å²) < 4.78 is 35.0. The number of allylic oxidation sites excluding steroid dienone is 2. The van der Waals surface area contributed by atoms with Crippen LogP contribution in [0.4, 0.5) is 4.79 Å². The van der Waals surface area contributed by atoms with Crippen molar-refractivity contribution < 1.29 is 23.1 Å². The Morgan fingerprint density at radius 1 is 1.29 bits per heavy atom. The highest BCUT2D eigenvalue weighted by atomic mass is 32.2. The van der Waals surface area contributed by atoms with Gasteiger partial charge in [0, 0.05) is 31.6 Å². The molecule has 0 fully saturated rings. The van der Waals surface area contributed by atoms with Gasteiger partial charge in [-0.1, -0.05) is 19.1 Å². The van der Waals surface area contributed by atoms with Gasteiger partial charge in [-0.25, -0.2) is 13.2 Å². The molecule has 3 atom stereocenters. The van der Waals surface area contributed by atoms with E-state index in [1.54, 1.807) is 24.9 Å². The molecular formula is C25H39N3O5S. The molecule has 1 aliphatic carbocycles. The molecule has 8 nitrogen and oxygen atoms in total. The van der Waals surface area contributed by atoms with Gasteiger partial charge < -0.3 is 20.1 Å². The van der Waals surface area contributed by atoms with Gasteiger partial charge in [0.1, 0.15) is 16.7 Å². The van der Waals surface area contributed by atoms with Crippen LogP contribution in [0, 0.1) is 5.92 Å². The smallest absolute Gasteiger partial charge is 0.317 e. The largest absolute Gasteiger partial charge is 0.487 e. The Morgan fingerprint density at radius 2 is 2.03 bits per heavy atom. The van der Waals surface area contributed by atoms with Crippen molar-refractivity contribution in [3.63, 3.8) is 0 Å². The highest BCUT2D eigenvalue weighted by Crippen LogP contribution is 2.37. The lowest BCUT2D eigenvalue weighted by molar-refractivity contribution is 0.0809. The number of benzene rings is 1. The van der Waals surface area contributed by atoms with E-state index in [1.165, 1.54) is 9.88 Å². The monoisotopic (exact) mass is 493 g/mol. The number of hydrogen-bond donors (Lipinski definition) is 2. The fourth-order valence-corrected chi connectivity index (χ4v) is 6.28. The fourth-order valence-electron chi connectivity index (χ4n) is 4.45. The summed E-state index contributed by atoms with van der Waals surface area (Å²) in [7, 11) is -2.17. The number of carbonyl (C=O) groups excluding carboxylic acids is 1. The molecule has 1 heterocycles. The lowest BCUT2D eigenvalue weighted by atomic mass is 9.93. The number of ether oxygens (including phenoxy) is 1. The zero-order valence-electron chi connectivity index (χ0n) is 21.0. The molecule has 9 heteroatoms. The maximum Gasteiger partial charge on any atom is 0.317 e. The fraction of sp³-hybridized carbons (Fsp3) is 0.640. The molecule has 0 spiro atoms. The van der Waals surface area contributed by atoms with Crippen molar-refractivity contribution in [3.05, 3.63) is 29.8 Å². The number of nitrogens with one attached hydrogen (secondary N) is 1. The van der Waals surface area contributed by atoms with Crippen molar-refractivity contribution in [2.45, 2.75) is 76.5 Å². The third-order valence-electron chi connectivity index (χ3n) is 6.54. The molecule has 1 aromatic rings. The van der Waals surface area contributed by atoms with Crippen LogP contribution in [0.5, 0.6) is 5.75 Å². The van der Waals surface area contributed by atoms with Crippen LogP contribution >= 0.6 is 0 Å². The van der Waals surface area contributed by atoms with E-state index in [-0.39, 0.29) is 36.0 Å². The second-order valence-electron chi connectivity index (χ2n) is 9.86. The van der Waals surface area contributed by atoms with Gasteiger partial charge in [0.2, 0.25) is 10.0 Å². The van der Waals surface area contributed by atoms with E-state index in [9.17, 15) is 18.3 Å². The van der Waals surface area contributed by atoms with Gasteiger partial charge >= 0.3 is 6.03 Å². The van der Waals surface area contributed by atoms with Crippen LogP contribution in [0.3, 0.4) is 0 Å². The van der Waals surface area contributed by atoms with Gasteiger partial charge in [-0.2, -0.15) is 4.31 Å². The van der Waals surface area contributed by atoms with Crippen LogP contribution in [0.15, 0.2) is 29.2 Å². The van der Waals surface area contributed by atoms with Gasteiger partial charge in [-0.05, 0) is 69.7 Å². The highest BCUT2D eigenvalue weighted by molar-refractivity contribution is 7.89. The van der Waals surface area contributed by atoms with E-state index in [4.69, 9.17) is 4.74 Å². The maximum absolute atomic E-state index is 13.6. The normalized spacial score (nSPS) is 23.7. The summed E-state index contributed by atoms with van der Waals surface area (Å²) in [6.45, 7) is 7.62. The van der Waals surface area contributed by atoms with Crippen LogP contribution in [0.25, 0.3) is 5.57 Å². The van der Waals surface area contributed by atoms with E-state index >= 15 is 0 Å². The number of hydrogen-bond acceptors (Lipinski definition) is 5. The molecule has 3 rings (SSSR count). The summed E-state index contributed by atoms with van der Waals surface area (Å²) in [5.41, 5.74) is 2.17. The van der Waals surface area contributed by atoms with E-state index in [1.807, 2.05) is 32.9 Å². The molecule has 190 valence electrons. The molecule has 2 aliphatic rings. The Kier molecular flexibility index (Phi) is 8.65. The number of likely N-dealkylation sites (N-methyl/N-ethyl adjacent to an activating group) is 1. The second-order valence-corrected chi connectivity index (χ2v) is 11.7. The first-order chi connectivity index (χ1) is 16.0. The van der Waals surface area contributed by atoms with Gasteiger partial charge in [0.05, 0.1) is 13.2 Å². The standard InChI is InChI=1S/C25H39N3O5S/c1-17(2)26-25(30)27(5)15-23-18(3)14-28(19(4)16-29)34(31,32)24-12-11-21(13-22(24)33-23)20-9-7-6-8-10-20/h9,11-13,17-19,23,29H,6-8,10,14-16H2,1-5H3,(H,26,30)/t18-,19-,23-/m0/s1. The molecule has 34 heavy (non-hydrogen) atoms. The molecule has 2 N–H and O–H groups in total. The summed E-state index contributed by atoms with van der Waals surface area (Å²) in [6, 6.07) is 4.51. The molecule has 2 amide bonds. The van der Waals surface area contributed by atoms with Crippen LogP contribution in [0.2, 0.25) is 0 Å². The Morgan fingerprint density at radius 3 is 2.65 bits per heavy atom. The lowest BCUT2D eigenvalue weighted by Gasteiger charge is -2.37. The zero-order chi connectivity index (χ0) is 25.0. The van der Waals surface area contributed by atoms with Crippen LogP contribution in [0.1, 0.15) is 58.9 Å². The minimum Gasteiger partial charge on any atom is -0.487 e. The average molecular weight is 494 g/mol. The first-order valence-corrected chi connectivity index (χ1v) is 13.6. The van der Waals surface area contributed by atoms with Crippen molar-refractivity contribution in [3.8, 4) is 5.75 Å². The number of rotatable bonds is 6. The minimum absolute atomic E-state index is 0.00344. The average Bonchev–Trinajstić information content (AvgIpc) is 2.80. The predicted molar refractivity (Wildman–Crippen MR) is 133 cm³/mol. The SMILES string of the molecule is CC(C)NC(=O)N(C)C[C@@H]1Oc2cc(C3=CCCCC3)ccc2S(=O)(=O)N([C@@H](C)CO)C[C@@H]1C. The molecule has 0 saturated heterocycles. The number of nitrogens with zero attached hydrogens (tertiary/aromatic N) is 2. The zero-order valence-corrected chi connectivity index (χ0v) is 21.8. The van der Waals surface area contributed by atoms with Crippen molar-refractivity contribution in [1.82, 2.24) is 14.5 Å². The molecule has 0 bridgehead atoms. The Balaban J connectivity index is 2.03. The maximum atomic E-state index is 13.6. The number of fused-ring (bicyclic) bond motifs is 1. The first-order valence-electron chi connectivity index (χ1n) is 12.2.